The third-order valence-corrected chi connectivity index (χ3v) is 12.3. The Bertz CT molecular complexity index is 608. The molecule has 1 aromatic rings. The summed E-state index contributed by atoms with van der Waals surface area (Å²) in [5, 5.41) is 3.12. The molecule has 132 valence electrons. The third kappa shape index (κ3) is 3.01. The number of aryl methyl sites for hydroxylation is 2. The SMILES string of the molecule is CC[P+]1(C2(C(=O)Nc3c(C)cc(F)cc3C)CC2)CCCCCC1. The lowest BCUT2D eigenvalue weighted by Gasteiger charge is -2.33. The topological polar surface area (TPSA) is 29.1 Å². The van der Waals surface area contributed by atoms with Gasteiger partial charge in [0.2, 0.25) is 0 Å². The molecular formula is C20H30FNOP+. The second-order valence-electron chi connectivity index (χ2n) is 7.72. The van der Waals surface area contributed by atoms with Crippen LogP contribution in [0.15, 0.2) is 12.1 Å². The monoisotopic (exact) mass is 350 g/mol. The number of carbonyl (C=O) groups excluding carboxylic acids is 1. The van der Waals surface area contributed by atoms with Crippen LogP contribution in [0.5, 0.6) is 0 Å². The van der Waals surface area contributed by atoms with E-state index < -0.39 is 7.26 Å². The molecule has 1 amide bonds. The summed E-state index contributed by atoms with van der Waals surface area (Å²) in [4.78, 5) is 13.3. The summed E-state index contributed by atoms with van der Waals surface area (Å²) in [5.41, 5.74) is 2.46. The Morgan fingerprint density at radius 2 is 1.67 bits per heavy atom. The Labute approximate surface area is 145 Å². The van der Waals surface area contributed by atoms with Crippen molar-refractivity contribution in [3.8, 4) is 0 Å². The molecule has 1 saturated heterocycles. The summed E-state index contributed by atoms with van der Waals surface area (Å²) >= 11 is 0. The third-order valence-electron chi connectivity index (χ3n) is 6.32. The number of amides is 1. The summed E-state index contributed by atoms with van der Waals surface area (Å²) in [7, 11) is -1.23. The van der Waals surface area contributed by atoms with Crippen LogP contribution in [-0.4, -0.2) is 29.5 Å². The zero-order valence-corrected chi connectivity index (χ0v) is 16.1. The molecule has 1 N–H and O–H groups in total. The van der Waals surface area contributed by atoms with Gasteiger partial charge in [0.25, 0.3) is 5.91 Å². The number of hydrogen-bond acceptors (Lipinski definition) is 1. The van der Waals surface area contributed by atoms with Gasteiger partial charge < -0.3 is 5.32 Å². The maximum atomic E-state index is 13.5. The summed E-state index contributed by atoms with van der Waals surface area (Å²) in [6, 6.07) is 3.02. The van der Waals surface area contributed by atoms with E-state index in [2.05, 4.69) is 12.2 Å². The van der Waals surface area contributed by atoms with E-state index in [0.717, 1.165) is 29.7 Å². The van der Waals surface area contributed by atoms with E-state index in [1.165, 1.54) is 56.3 Å². The molecule has 1 aliphatic carbocycles. The summed E-state index contributed by atoms with van der Waals surface area (Å²) < 4.78 is 13.5. The molecule has 0 unspecified atom stereocenters. The van der Waals surface area contributed by atoms with Gasteiger partial charge in [0.1, 0.15) is 5.82 Å². The van der Waals surface area contributed by atoms with Crippen molar-refractivity contribution in [2.45, 2.75) is 64.5 Å². The normalized spacial score (nSPS) is 21.8. The van der Waals surface area contributed by atoms with Crippen molar-refractivity contribution >= 4 is 18.9 Å². The fourth-order valence-electron chi connectivity index (χ4n) is 4.71. The number of benzene rings is 1. The largest absolute Gasteiger partial charge is 0.322 e. The van der Waals surface area contributed by atoms with Gasteiger partial charge in [0.05, 0.1) is 18.5 Å². The first-order valence-corrected chi connectivity index (χ1v) is 11.7. The van der Waals surface area contributed by atoms with Gasteiger partial charge >= 0.3 is 0 Å². The standard InChI is InChI=1S/C20H29FNOP/c1-4-24(11-7-5-6-8-12-24)20(9-10-20)19(23)22-18-15(2)13-17(21)14-16(18)3/h13-14H,4-12H2,1-3H3/p+1. The minimum Gasteiger partial charge on any atom is -0.322 e. The number of halogens is 1. The van der Waals surface area contributed by atoms with E-state index in [1.54, 1.807) is 0 Å². The molecule has 0 atom stereocenters. The highest BCUT2D eigenvalue weighted by Crippen LogP contribution is 2.79. The molecule has 0 bridgehead atoms. The lowest BCUT2D eigenvalue weighted by Crippen LogP contribution is -2.36. The number of hydrogen-bond donors (Lipinski definition) is 1. The highest BCUT2D eigenvalue weighted by Gasteiger charge is 2.69. The minimum atomic E-state index is -1.23. The van der Waals surface area contributed by atoms with E-state index >= 15 is 0 Å². The Morgan fingerprint density at radius 3 is 2.12 bits per heavy atom. The molecule has 2 aliphatic rings. The zero-order chi connectivity index (χ0) is 17.4. The molecule has 1 heterocycles. The van der Waals surface area contributed by atoms with Crippen molar-refractivity contribution in [3.05, 3.63) is 29.1 Å². The molecule has 1 aliphatic heterocycles. The van der Waals surface area contributed by atoms with Crippen LogP contribution < -0.4 is 5.32 Å². The van der Waals surface area contributed by atoms with E-state index in [0.29, 0.717) is 0 Å². The zero-order valence-electron chi connectivity index (χ0n) is 15.3. The van der Waals surface area contributed by atoms with Crippen LogP contribution >= 0.6 is 7.26 Å². The average Bonchev–Trinajstić information content (AvgIpc) is 3.34. The van der Waals surface area contributed by atoms with Crippen molar-refractivity contribution < 1.29 is 9.18 Å². The average molecular weight is 350 g/mol. The van der Waals surface area contributed by atoms with E-state index in [1.807, 2.05) is 13.8 Å². The Kier molecular flexibility index (Phi) is 5.02. The van der Waals surface area contributed by atoms with Crippen molar-refractivity contribution in [2.75, 3.05) is 23.8 Å². The van der Waals surface area contributed by atoms with E-state index in [4.69, 9.17) is 0 Å². The second-order valence-corrected chi connectivity index (χ2v) is 12.4. The Hall–Kier alpha value is -0.950. The summed E-state index contributed by atoms with van der Waals surface area (Å²) in [6.45, 7) is 6.06. The van der Waals surface area contributed by atoms with Gasteiger partial charge in [-0.3, -0.25) is 4.79 Å². The molecule has 4 heteroatoms. The quantitative estimate of drug-likeness (QED) is 0.711. The molecular weight excluding hydrogens is 320 g/mol. The first-order valence-electron chi connectivity index (χ1n) is 9.38. The fraction of sp³-hybridized carbons (Fsp3) is 0.650. The van der Waals surface area contributed by atoms with Gasteiger partial charge in [-0.1, -0.05) is 0 Å². The van der Waals surface area contributed by atoms with Crippen molar-refractivity contribution in [3.63, 3.8) is 0 Å². The molecule has 3 rings (SSSR count). The first kappa shape index (κ1) is 17.9. The summed E-state index contributed by atoms with van der Waals surface area (Å²) in [5.74, 6) is -0.0113. The molecule has 1 aromatic carbocycles. The van der Waals surface area contributed by atoms with Crippen LogP contribution in [0.25, 0.3) is 0 Å². The number of carbonyl (C=O) groups is 1. The highest BCUT2D eigenvalue weighted by molar-refractivity contribution is 7.78. The van der Waals surface area contributed by atoms with Gasteiger partial charge in [-0.05, 0) is 69.7 Å². The maximum absolute atomic E-state index is 13.5. The first-order chi connectivity index (χ1) is 11.4. The highest BCUT2D eigenvalue weighted by atomic mass is 31.2. The Morgan fingerprint density at radius 1 is 1.12 bits per heavy atom. The van der Waals surface area contributed by atoms with Gasteiger partial charge in [-0.15, -0.1) is 0 Å². The smallest absolute Gasteiger partial charge is 0.268 e. The van der Waals surface area contributed by atoms with Crippen LogP contribution in [0, 0.1) is 19.7 Å². The number of rotatable bonds is 4. The Balaban J connectivity index is 1.86. The lowest BCUT2D eigenvalue weighted by molar-refractivity contribution is -0.116. The van der Waals surface area contributed by atoms with Gasteiger partial charge in [-0.2, -0.15) is 0 Å². The van der Waals surface area contributed by atoms with Crippen molar-refractivity contribution in [2.24, 2.45) is 0 Å². The van der Waals surface area contributed by atoms with Crippen LogP contribution in [-0.2, 0) is 4.79 Å². The van der Waals surface area contributed by atoms with Crippen molar-refractivity contribution in [1.82, 2.24) is 0 Å². The van der Waals surface area contributed by atoms with Gasteiger partial charge in [0.15, 0.2) is 5.16 Å². The van der Waals surface area contributed by atoms with Gasteiger partial charge in [-0.25, -0.2) is 4.39 Å². The van der Waals surface area contributed by atoms with Crippen LogP contribution in [0.4, 0.5) is 10.1 Å². The van der Waals surface area contributed by atoms with E-state index in [9.17, 15) is 9.18 Å². The van der Waals surface area contributed by atoms with Crippen molar-refractivity contribution in [1.29, 1.82) is 0 Å². The van der Waals surface area contributed by atoms with Gasteiger partial charge in [0, 0.05) is 25.8 Å². The second kappa shape index (κ2) is 6.75. The number of nitrogens with one attached hydrogen (secondary N) is 1. The molecule has 0 radical (unpaired) electrons. The maximum Gasteiger partial charge on any atom is 0.268 e. The molecule has 0 spiro atoms. The van der Waals surface area contributed by atoms with Crippen LogP contribution in [0.1, 0.15) is 56.6 Å². The fourth-order valence-corrected chi connectivity index (χ4v) is 10.2. The molecule has 2 fully saturated rings. The minimum absolute atomic E-state index is 0.0840. The van der Waals surface area contributed by atoms with Crippen LogP contribution in [0.3, 0.4) is 0 Å². The lowest BCUT2D eigenvalue weighted by atomic mass is 10.1. The number of anilines is 1. The van der Waals surface area contributed by atoms with E-state index in [-0.39, 0.29) is 16.9 Å². The summed E-state index contributed by atoms with van der Waals surface area (Å²) in [6.07, 6.45) is 11.1. The predicted molar refractivity (Wildman–Crippen MR) is 102 cm³/mol. The molecule has 0 aromatic heterocycles. The molecule has 1 saturated carbocycles. The molecule has 24 heavy (non-hydrogen) atoms. The predicted octanol–water partition coefficient (Wildman–Crippen LogP) is 5.53. The van der Waals surface area contributed by atoms with Crippen LogP contribution in [0.2, 0.25) is 0 Å². The molecule has 2 nitrogen and oxygen atoms in total.